The lowest BCUT2D eigenvalue weighted by Gasteiger charge is -2.10. The first-order valence-corrected chi connectivity index (χ1v) is 5.82. The Hall–Kier alpha value is -2.70. The maximum atomic E-state index is 12.4. The van der Waals surface area contributed by atoms with E-state index in [0.29, 0.717) is 0 Å². The molecule has 0 unspecified atom stereocenters. The number of amides is 1. The van der Waals surface area contributed by atoms with Crippen LogP contribution in [0.3, 0.4) is 0 Å². The van der Waals surface area contributed by atoms with Crippen molar-refractivity contribution in [2.45, 2.75) is 6.18 Å². The first kappa shape index (κ1) is 14.7. The third-order valence-corrected chi connectivity index (χ3v) is 2.71. The molecule has 2 aromatic rings. The van der Waals surface area contributed by atoms with Crippen molar-refractivity contribution < 1.29 is 22.7 Å². The summed E-state index contributed by atoms with van der Waals surface area (Å²) >= 11 is 0. The highest BCUT2D eigenvalue weighted by atomic mass is 19.4. The van der Waals surface area contributed by atoms with Crippen molar-refractivity contribution in [2.75, 3.05) is 5.73 Å². The second-order valence-electron chi connectivity index (χ2n) is 4.24. The quantitative estimate of drug-likeness (QED) is 0.854. The molecule has 0 bridgehead atoms. The summed E-state index contributed by atoms with van der Waals surface area (Å²) in [5.74, 6) is -0.167. The molecule has 0 saturated carbocycles. The molecule has 0 aliphatic carbocycles. The van der Waals surface area contributed by atoms with Gasteiger partial charge in [-0.15, -0.1) is 0 Å². The topological polar surface area (TPSA) is 78.3 Å². The van der Waals surface area contributed by atoms with E-state index in [1.165, 1.54) is 30.3 Å². The second kappa shape index (κ2) is 5.35. The van der Waals surface area contributed by atoms with Gasteiger partial charge in [-0.05, 0) is 36.4 Å². The third-order valence-electron chi connectivity index (χ3n) is 2.71. The molecule has 0 atom stereocenters. The Balaban J connectivity index is 2.19. The zero-order valence-corrected chi connectivity index (χ0v) is 10.6. The number of benzene rings is 2. The van der Waals surface area contributed by atoms with Gasteiger partial charge >= 0.3 is 6.18 Å². The number of hydrogen-bond acceptors (Lipinski definition) is 3. The van der Waals surface area contributed by atoms with E-state index in [4.69, 9.17) is 16.2 Å². The van der Waals surface area contributed by atoms with Crippen LogP contribution in [-0.2, 0) is 6.18 Å². The molecule has 0 aliphatic rings. The van der Waals surface area contributed by atoms with Gasteiger partial charge in [0.1, 0.15) is 11.5 Å². The number of alkyl halides is 3. The van der Waals surface area contributed by atoms with Crippen molar-refractivity contribution >= 4 is 11.6 Å². The van der Waals surface area contributed by atoms with E-state index in [-0.39, 0.29) is 22.7 Å². The zero-order valence-electron chi connectivity index (χ0n) is 10.6. The van der Waals surface area contributed by atoms with Crippen molar-refractivity contribution in [3.8, 4) is 11.5 Å². The van der Waals surface area contributed by atoms with Crippen molar-refractivity contribution in [2.24, 2.45) is 5.73 Å². The van der Waals surface area contributed by atoms with Gasteiger partial charge in [-0.3, -0.25) is 4.79 Å². The summed E-state index contributed by atoms with van der Waals surface area (Å²) in [7, 11) is 0. The molecular weight excluding hydrogens is 285 g/mol. The minimum absolute atomic E-state index is 0.131. The second-order valence-corrected chi connectivity index (χ2v) is 4.24. The van der Waals surface area contributed by atoms with Gasteiger partial charge in [0.15, 0.2) is 0 Å². The van der Waals surface area contributed by atoms with E-state index in [1.54, 1.807) is 0 Å². The minimum atomic E-state index is -4.40. The molecule has 0 aromatic heterocycles. The summed E-state index contributed by atoms with van der Waals surface area (Å²) in [4.78, 5) is 11.0. The molecule has 0 heterocycles. The van der Waals surface area contributed by atoms with Crippen molar-refractivity contribution in [3.05, 3.63) is 53.6 Å². The van der Waals surface area contributed by atoms with Gasteiger partial charge in [0.2, 0.25) is 0 Å². The Morgan fingerprint density at radius 3 is 2.05 bits per heavy atom. The number of hydrogen-bond donors (Lipinski definition) is 2. The highest BCUT2D eigenvalue weighted by molar-refractivity contribution is 5.98. The van der Waals surface area contributed by atoms with Gasteiger partial charge in [0, 0.05) is 11.8 Å². The van der Waals surface area contributed by atoms with Crippen LogP contribution in [0.15, 0.2) is 42.5 Å². The van der Waals surface area contributed by atoms with Crippen LogP contribution in [0.25, 0.3) is 0 Å². The smallest absolute Gasteiger partial charge is 0.416 e. The molecule has 1 amide bonds. The zero-order chi connectivity index (χ0) is 15.6. The number of halogens is 3. The Kier molecular flexibility index (Phi) is 3.75. The predicted molar refractivity (Wildman–Crippen MR) is 70.9 cm³/mol. The molecule has 0 radical (unpaired) electrons. The fourth-order valence-electron chi connectivity index (χ4n) is 1.68. The van der Waals surface area contributed by atoms with Crippen LogP contribution in [0.1, 0.15) is 15.9 Å². The molecule has 7 heteroatoms. The average Bonchev–Trinajstić information content (AvgIpc) is 2.38. The number of carbonyl (C=O) groups excluding carboxylic acids is 1. The van der Waals surface area contributed by atoms with Gasteiger partial charge in [0.25, 0.3) is 5.91 Å². The highest BCUT2D eigenvalue weighted by Crippen LogP contribution is 2.31. The molecule has 0 fully saturated rings. The number of nitrogen functional groups attached to an aromatic ring is 1. The van der Waals surface area contributed by atoms with Crippen LogP contribution in [0.5, 0.6) is 11.5 Å². The average molecular weight is 296 g/mol. The van der Waals surface area contributed by atoms with Gasteiger partial charge in [-0.25, -0.2) is 0 Å². The molecule has 2 aromatic carbocycles. The first-order chi connectivity index (χ1) is 9.77. The van der Waals surface area contributed by atoms with Crippen LogP contribution >= 0.6 is 0 Å². The molecule has 2 rings (SSSR count). The highest BCUT2D eigenvalue weighted by Gasteiger charge is 2.30. The van der Waals surface area contributed by atoms with Crippen molar-refractivity contribution in [1.82, 2.24) is 0 Å². The number of primary amides is 1. The fraction of sp³-hybridized carbons (Fsp3) is 0.0714. The number of ether oxygens (including phenoxy) is 1. The fourth-order valence-corrected chi connectivity index (χ4v) is 1.68. The molecular formula is C14H11F3N2O2. The van der Waals surface area contributed by atoms with Crippen LogP contribution in [0.4, 0.5) is 18.9 Å². The Bertz CT molecular complexity index is 667. The lowest BCUT2D eigenvalue weighted by Crippen LogP contribution is -2.13. The molecule has 4 N–H and O–H groups in total. The maximum absolute atomic E-state index is 12.4. The summed E-state index contributed by atoms with van der Waals surface area (Å²) in [6.07, 6.45) is -4.40. The van der Waals surface area contributed by atoms with E-state index in [2.05, 4.69) is 0 Å². The predicted octanol–water partition coefficient (Wildman–Crippen LogP) is 3.18. The van der Waals surface area contributed by atoms with Crippen LogP contribution in [0.2, 0.25) is 0 Å². The van der Waals surface area contributed by atoms with Crippen LogP contribution in [-0.4, -0.2) is 5.91 Å². The lowest BCUT2D eigenvalue weighted by atomic mass is 10.1. The molecule has 4 nitrogen and oxygen atoms in total. The SMILES string of the molecule is NC(=O)c1ccc(Oc2ccc(C(F)(F)F)cc2)cc1N. The number of rotatable bonds is 3. The van der Waals surface area contributed by atoms with E-state index in [1.807, 2.05) is 0 Å². The van der Waals surface area contributed by atoms with E-state index in [0.717, 1.165) is 12.1 Å². The van der Waals surface area contributed by atoms with E-state index in [9.17, 15) is 18.0 Å². The maximum Gasteiger partial charge on any atom is 0.416 e. The Labute approximate surface area is 118 Å². The molecule has 21 heavy (non-hydrogen) atoms. The van der Waals surface area contributed by atoms with Gasteiger partial charge in [0.05, 0.1) is 11.1 Å². The van der Waals surface area contributed by atoms with Crippen LogP contribution in [0, 0.1) is 0 Å². The number of nitrogens with two attached hydrogens (primary N) is 2. The molecule has 0 saturated heterocycles. The standard InChI is InChI=1S/C14H11F3N2O2/c15-14(16,17)8-1-3-9(4-2-8)21-10-5-6-11(13(19)20)12(18)7-10/h1-7H,18H2,(H2,19,20). The third kappa shape index (κ3) is 3.44. The van der Waals surface area contributed by atoms with Crippen LogP contribution < -0.4 is 16.2 Å². The monoisotopic (exact) mass is 296 g/mol. The number of anilines is 1. The lowest BCUT2D eigenvalue weighted by molar-refractivity contribution is -0.137. The van der Waals surface area contributed by atoms with Crippen molar-refractivity contribution in [3.63, 3.8) is 0 Å². The van der Waals surface area contributed by atoms with E-state index >= 15 is 0 Å². The Morgan fingerprint density at radius 2 is 1.57 bits per heavy atom. The Morgan fingerprint density at radius 1 is 1.00 bits per heavy atom. The molecule has 110 valence electrons. The summed E-state index contributed by atoms with van der Waals surface area (Å²) < 4.78 is 42.6. The summed E-state index contributed by atoms with van der Waals surface area (Å²) in [6, 6.07) is 8.43. The minimum Gasteiger partial charge on any atom is -0.457 e. The van der Waals surface area contributed by atoms with E-state index < -0.39 is 17.6 Å². The van der Waals surface area contributed by atoms with Crippen molar-refractivity contribution in [1.29, 1.82) is 0 Å². The molecule has 0 spiro atoms. The summed E-state index contributed by atoms with van der Waals surface area (Å²) in [6.45, 7) is 0. The van der Waals surface area contributed by atoms with Gasteiger partial charge in [-0.1, -0.05) is 0 Å². The molecule has 0 aliphatic heterocycles. The summed E-state index contributed by atoms with van der Waals surface area (Å²) in [5.41, 5.74) is 10.2. The van der Waals surface area contributed by atoms with Gasteiger partial charge < -0.3 is 16.2 Å². The first-order valence-electron chi connectivity index (χ1n) is 5.82. The largest absolute Gasteiger partial charge is 0.457 e. The normalized spacial score (nSPS) is 11.2. The summed E-state index contributed by atoms with van der Waals surface area (Å²) in [5, 5.41) is 0. The van der Waals surface area contributed by atoms with Gasteiger partial charge in [-0.2, -0.15) is 13.2 Å². The number of carbonyl (C=O) groups is 1.